The zero-order valence-corrected chi connectivity index (χ0v) is 18.8. The van der Waals surface area contributed by atoms with Gasteiger partial charge in [0.15, 0.2) is 0 Å². The Morgan fingerprint density at radius 3 is 2.32 bits per heavy atom. The molecule has 1 saturated heterocycles. The average Bonchev–Trinajstić information content (AvgIpc) is 3.60. The molecule has 1 aliphatic carbocycles. The largest absolute Gasteiger partial charge is 0.493 e. The lowest BCUT2D eigenvalue weighted by atomic mass is 9.94. The summed E-state index contributed by atoms with van der Waals surface area (Å²) in [4.78, 5) is 12.5. The van der Waals surface area contributed by atoms with Gasteiger partial charge in [-0.05, 0) is 79.9 Å². The summed E-state index contributed by atoms with van der Waals surface area (Å²) in [6.45, 7) is 0.489. The number of likely N-dealkylation sites (tertiary alicyclic amines) is 1. The first kappa shape index (κ1) is 24.7. The van der Waals surface area contributed by atoms with E-state index < -0.39 is 35.4 Å². The highest BCUT2D eigenvalue weighted by atomic mass is 35.5. The number of aromatic carboxylic acids is 1. The Labute approximate surface area is 198 Å². The van der Waals surface area contributed by atoms with Crippen molar-refractivity contribution in [3.63, 3.8) is 0 Å². The van der Waals surface area contributed by atoms with Gasteiger partial charge in [0.25, 0.3) is 0 Å². The van der Waals surface area contributed by atoms with Crippen LogP contribution in [0, 0.1) is 17.6 Å². The van der Waals surface area contributed by atoms with Crippen molar-refractivity contribution in [2.24, 2.45) is 5.92 Å². The second-order valence-electron chi connectivity index (χ2n) is 8.86. The molecule has 0 radical (unpaired) electrons. The van der Waals surface area contributed by atoms with E-state index in [0.717, 1.165) is 37.1 Å². The molecule has 0 spiro atoms. The second-order valence-corrected chi connectivity index (χ2v) is 9.26. The summed E-state index contributed by atoms with van der Waals surface area (Å²) in [7, 11) is 0. The first-order valence-electron chi connectivity index (χ1n) is 11.0. The quantitative estimate of drug-likeness (QED) is 0.433. The van der Waals surface area contributed by atoms with Crippen molar-refractivity contribution in [1.29, 1.82) is 0 Å². The van der Waals surface area contributed by atoms with Crippen molar-refractivity contribution in [3.8, 4) is 5.75 Å². The normalized spacial score (nSPS) is 18.6. The number of nitrogens with zero attached hydrogens (tertiary/aromatic N) is 1. The van der Waals surface area contributed by atoms with Gasteiger partial charge in [-0.1, -0.05) is 17.7 Å². The first-order valence-corrected chi connectivity index (χ1v) is 11.4. The number of rotatable bonds is 7. The molecule has 1 N–H and O–H groups in total. The number of benzene rings is 2. The van der Waals surface area contributed by atoms with Gasteiger partial charge in [0, 0.05) is 6.07 Å². The molecule has 4 nitrogen and oxygen atoms in total. The molecule has 0 amide bonds. The molecular weight excluding hydrogens is 481 g/mol. The van der Waals surface area contributed by atoms with Crippen LogP contribution < -0.4 is 4.74 Å². The molecule has 184 valence electrons. The number of carboxylic acid groups (broad SMARTS) is 1. The van der Waals surface area contributed by atoms with Gasteiger partial charge in [0.1, 0.15) is 23.4 Å². The summed E-state index contributed by atoms with van der Waals surface area (Å²) < 4.78 is 75.1. The SMILES string of the molecule is O=C(O)c1cc(C2CC2)c(OCC2CCN(C(c3ccc(F)c(Cl)c3)C(F)(F)F)CC2)cc1F. The molecule has 2 aliphatic rings. The Balaban J connectivity index is 1.41. The van der Waals surface area contributed by atoms with Gasteiger partial charge in [-0.15, -0.1) is 0 Å². The molecule has 0 aromatic heterocycles. The highest BCUT2D eigenvalue weighted by Crippen LogP contribution is 2.45. The lowest BCUT2D eigenvalue weighted by Gasteiger charge is -2.38. The molecule has 1 aliphatic heterocycles. The Morgan fingerprint density at radius 2 is 1.76 bits per heavy atom. The van der Waals surface area contributed by atoms with Gasteiger partial charge in [-0.3, -0.25) is 4.90 Å². The Hall–Kier alpha value is -2.39. The fourth-order valence-corrected chi connectivity index (χ4v) is 4.64. The molecule has 1 heterocycles. The lowest BCUT2D eigenvalue weighted by Crippen LogP contribution is -2.43. The third kappa shape index (κ3) is 5.46. The Kier molecular flexibility index (Phi) is 7.05. The number of carbonyl (C=O) groups is 1. The fraction of sp³-hybridized carbons (Fsp3) is 0.458. The van der Waals surface area contributed by atoms with Crippen molar-refractivity contribution in [2.75, 3.05) is 19.7 Å². The van der Waals surface area contributed by atoms with E-state index in [4.69, 9.17) is 21.4 Å². The van der Waals surface area contributed by atoms with Gasteiger partial charge in [-0.2, -0.15) is 13.2 Å². The molecule has 34 heavy (non-hydrogen) atoms. The number of carboxylic acids is 1. The summed E-state index contributed by atoms with van der Waals surface area (Å²) in [5, 5.41) is 8.80. The van der Waals surface area contributed by atoms with E-state index in [-0.39, 0.29) is 42.1 Å². The van der Waals surface area contributed by atoms with Crippen molar-refractivity contribution in [3.05, 3.63) is 63.7 Å². The van der Waals surface area contributed by atoms with Gasteiger partial charge in [0.2, 0.25) is 0 Å². The van der Waals surface area contributed by atoms with Crippen LogP contribution in [0.15, 0.2) is 30.3 Å². The maximum Gasteiger partial charge on any atom is 0.408 e. The van der Waals surface area contributed by atoms with E-state index >= 15 is 0 Å². The number of halogens is 6. The van der Waals surface area contributed by atoms with Crippen LogP contribution in [-0.2, 0) is 0 Å². The Bertz CT molecular complexity index is 1070. The van der Waals surface area contributed by atoms with Crippen LogP contribution in [0.1, 0.15) is 59.1 Å². The molecular formula is C24H23ClF5NO3. The molecule has 10 heteroatoms. The van der Waals surface area contributed by atoms with Crippen LogP contribution in [0.25, 0.3) is 0 Å². The van der Waals surface area contributed by atoms with Crippen LogP contribution in [0.3, 0.4) is 0 Å². The minimum absolute atomic E-state index is 0.0452. The minimum atomic E-state index is -4.56. The summed E-state index contributed by atoms with van der Waals surface area (Å²) >= 11 is 5.71. The number of hydrogen-bond donors (Lipinski definition) is 1. The maximum atomic E-state index is 14.2. The van der Waals surface area contributed by atoms with Gasteiger partial charge >= 0.3 is 12.1 Å². The zero-order chi connectivity index (χ0) is 24.6. The third-order valence-corrected chi connectivity index (χ3v) is 6.69. The Morgan fingerprint density at radius 1 is 1.09 bits per heavy atom. The smallest absolute Gasteiger partial charge is 0.408 e. The standard InChI is InChI=1S/C24H23ClF5NO3/c25-18-9-15(3-4-19(18)26)22(24(28,29)30)31-7-5-13(6-8-31)12-34-21-11-20(27)17(23(32)33)10-16(21)14-1-2-14/h3-4,9-11,13-14,22H,1-2,5-8,12H2,(H,32,33). The molecule has 1 saturated carbocycles. The van der Waals surface area contributed by atoms with Gasteiger partial charge in [0.05, 0.1) is 17.2 Å². The molecule has 2 aromatic rings. The zero-order valence-electron chi connectivity index (χ0n) is 18.0. The molecule has 1 unspecified atom stereocenters. The number of hydrogen-bond acceptors (Lipinski definition) is 3. The highest BCUT2D eigenvalue weighted by molar-refractivity contribution is 6.30. The average molecular weight is 504 g/mol. The summed E-state index contributed by atoms with van der Waals surface area (Å²) in [6, 6.07) is 3.55. The number of alkyl halides is 3. The molecule has 2 fully saturated rings. The molecule has 2 aromatic carbocycles. The number of piperidine rings is 1. The van der Waals surface area contributed by atoms with E-state index in [1.54, 1.807) is 0 Å². The summed E-state index contributed by atoms with van der Waals surface area (Å²) in [6.07, 6.45) is -1.98. The molecule has 1 atom stereocenters. The lowest BCUT2D eigenvalue weighted by molar-refractivity contribution is -0.190. The van der Waals surface area contributed by atoms with E-state index in [2.05, 4.69) is 0 Å². The van der Waals surface area contributed by atoms with Crippen LogP contribution in [0.5, 0.6) is 5.75 Å². The molecule has 0 bridgehead atoms. The van der Waals surface area contributed by atoms with E-state index in [9.17, 15) is 26.7 Å². The van der Waals surface area contributed by atoms with Gasteiger partial charge in [-0.25, -0.2) is 13.6 Å². The predicted molar refractivity (Wildman–Crippen MR) is 115 cm³/mol. The summed E-state index contributed by atoms with van der Waals surface area (Å²) in [5.41, 5.74) is 0.139. The highest BCUT2D eigenvalue weighted by Gasteiger charge is 2.45. The van der Waals surface area contributed by atoms with Crippen LogP contribution >= 0.6 is 11.6 Å². The minimum Gasteiger partial charge on any atom is -0.493 e. The van der Waals surface area contributed by atoms with Crippen LogP contribution in [0.2, 0.25) is 5.02 Å². The third-order valence-electron chi connectivity index (χ3n) is 6.41. The van der Waals surface area contributed by atoms with Gasteiger partial charge < -0.3 is 9.84 Å². The van der Waals surface area contributed by atoms with Crippen molar-refractivity contribution in [1.82, 2.24) is 4.90 Å². The van der Waals surface area contributed by atoms with Crippen LogP contribution in [0.4, 0.5) is 22.0 Å². The van der Waals surface area contributed by atoms with E-state index in [0.29, 0.717) is 24.2 Å². The monoisotopic (exact) mass is 503 g/mol. The first-order chi connectivity index (χ1) is 16.0. The topological polar surface area (TPSA) is 49.8 Å². The van der Waals surface area contributed by atoms with Crippen molar-refractivity contribution in [2.45, 2.75) is 43.8 Å². The van der Waals surface area contributed by atoms with Crippen molar-refractivity contribution < 1.29 is 36.6 Å². The van der Waals surface area contributed by atoms with E-state index in [1.807, 2.05) is 0 Å². The van der Waals surface area contributed by atoms with Crippen LogP contribution in [-0.4, -0.2) is 41.8 Å². The fourth-order valence-electron chi connectivity index (χ4n) is 4.45. The maximum absolute atomic E-state index is 14.2. The number of ether oxygens (including phenoxy) is 1. The van der Waals surface area contributed by atoms with E-state index in [1.165, 1.54) is 11.0 Å². The predicted octanol–water partition coefficient (Wildman–Crippen LogP) is 6.59. The molecule has 4 rings (SSSR count). The van der Waals surface area contributed by atoms with Crippen molar-refractivity contribution >= 4 is 17.6 Å². The second kappa shape index (κ2) is 9.70. The summed E-state index contributed by atoms with van der Waals surface area (Å²) in [5.74, 6) is -2.63.